The Bertz CT molecular complexity index is 658. The molecule has 20 heavy (non-hydrogen) atoms. The number of carbonyl (C=O) groups is 1. The summed E-state index contributed by atoms with van der Waals surface area (Å²) >= 11 is 2.19. The number of nitro benzene ring substituents is 1. The number of nitro groups is 1. The van der Waals surface area contributed by atoms with E-state index < -0.39 is 4.92 Å². The zero-order valence-corrected chi connectivity index (χ0v) is 12.5. The molecule has 0 bridgehead atoms. The fourth-order valence-corrected chi connectivity index (χ4v) is 2.22. The van der Waals surface area contributed by atoms with E-state index in [4.69, 9.17) is 0 Å². The Morgan fingerprint density at radius 1 is 1.20 bits per heavy atom. The van der Waals surface area contributed by atoms with Crippen molar-refractivity contribution in [2.75, 3.05) is 11.9 Å². The molecule has 0 unspecified atom stereocenters. The first kappa shape index (κ1) is 14.4. The van der Waals surface area contributed by atoms with Gasteiger partial charge in [0.2, 0.25) is 0 Å². The maximum absolute atomic E-state index is 12.0. The molecule has 2 aromatic carbocycles. The molecule has 102 valence electrons. The Morgan fingerprint density at radius 2 is 1.95 bits per heavy atom. The highest BCUT2D eigenvalue weighted by molar-refractivity contribution is 14.1. The molecule has 6 heteroatoms. The van der Waals surface area contributed by atoms with Crippen LogP contribution in [0.15, 0.2) is 48.5 Å². The Labute approximate surface area is 129 Å². The van der Waals surface area contributed by atoms with Crippen LogP contribution in [-0.2, 0) is 0 Å². The molecule has 0 saturated carbocycles. The highest BCUT2D eigenvalue weighted by atomic mass is 127. The van der Waals surface area contributed by atoms with Crippen LogP contribution < -0.4 is 5.32 Å². The van der Waals surface area contributed by atoms with Gasteiger partial charge in [-0.15, -0.1) is 0 Å². The van der Waals surface area contributed by atoms with Crippen LogP contribution in [0.25, 0.3) is 0 Å². The number of anilines is 1. The van der Waals surface area contributed by atoms with Crippen LogP contribution in [0.3, 0.4) is 0 Å². The van der Waals surface area contributed by atoms with Gasteiger partial charge in [0.15, 0.2) is 5.78 Å². The largest absolute Gasteiger partial charge is 0.378 e. The van der Waals surface area contributed by atoms with Gasteiger partial charge in [-0.05, 0) is 40.8 Å². The normalized spacial score (nSPS) is 10.1. The minimum absolute atomic E-state index is 0.0786. The molecule has 5 nitrogen and oxygen atoms in total. The molecular weight excluding hydrogens is 371 g/mol. The fraction of sp³-hybridized carbons (Fsp3) is 0.0714. The van der Waals surface area contributed by atoms with Crippen LogP contribution in [0, 0.1) is 13.7 Å². The first-order chi connectivity index (χ1) is 9.56. The zero-order valence-electron chi connectivity index (χ0n) is 10.4. The minimum Gasteiger partial charge on any atom is -0.378 e. The summed E-state index contributed by atoms with van der Waals surface area (Å²) in [4.78, 5) is 22.2. The quantitative estimate of drug-likeness (QED) is 0.372. The lowest BCUT2D eigenvalue weighted by Crippen LogP contribution is -2.14. The lowest BCUT2D eigenvalue weighted by atomic mass is 10.1. The van der Waals surface area contributed by atoms with Gasteiger partial charge in [-0.3, -0.25) is 14.9 Å². The summed E-state index contributed by atoms with van der Waals surface area (Å²) in [5, 5.41) is 13.7. The first-order valence-corrected chi connectivity index (χ1v) is 6.91. The number of nitrogens with zero attached hydrogens (tertiary/aromatic N) is 1. The van der Waals surface area contributed by atoms with E-state index in [1.165, 1.54) is 18.2 Å². The predicted octanol–water partition coefficient (Wildman–Crippen LogP) is 3.49. The molecule has 1 N–H and O–H groups in total. The molecule has 0 aliphatic rings. The monoisotopic (exact) mass is 382 g/mol. The summed E-state index contributed by atoms with van der Waals surface area (Å²) in [5.41, 5.74) is 1.10. The highest BCUT2D eigenvalue weighted by Crippen LogP contribution is 2.15. The molecule has 0 fully saturated rings. The van der Waals surface area contributed by atoms with Crippen molar-refractivity contribution < 1.29 is 9.72 Å². The number of non-ortho nitro benzene ring substituents is 1. The number of hydrogen-bond donors (Lipinski definition) is 1. The summed E-state index contributed by atoms with van der Waals surface area (Å²) in [6, 6.07) is 13.4. The highest BCUT2D eigenvalue weighted by Gasteiger charge is 2.11. The van der Waals surface area contributed by atoms with Crippen molar-refractivity contribution in [3.63, 3.8) is 0 Å². The van der Waals surface area contributed by atoms with Gasteiger partial charge in [0, 0.05) is 27.0 Å². The number of rotatable bonds is 5. The van der Waals surface area contributed by atoms with Crippen molar-refractivity contribution >= 4 is 39.7 Å². The molecule has 0 aliphatic carbocycles. The van der Waals surface area contributed by atoms with Crippen LogP contribution in [-0.4, -0.2) is 17.3 Å². The Hall–Kier alpha value is -1.96. The molecule has 0 saturated heterocycles. The molecule has 0 heterocycles. The smallest absolute Gasteiger partial charge is 0.270 e. The van der Waals surface area contributed by atoms with Gasteiger partial charge in [0.25, 0.3) is 5.69 Å². The zero-order chi connectivity index (χ0) is 14.5. The van der Waals surface area contributed by atoms with Crippen LogP contribution in [0.5, 0.6) is 0 Å². The number of hydrogen-bond acceptors (Lipinski definition) is 4. The average Bonchev–Trinajstić information content (AvgIpc) is 2.45. The number of Topliss-reactive ketones (excluding diaryl/α,β-unsaturated/α-hetero) is 1. The van der Waals surface area contributed by atoms with Crippen molar-refractivity contribution in [1.29, 1.82) is 0 Å². The van der Waals surface area contributed by atoms with Crippen LogP contribution in [0.4, 0.5) is 11.4 Å². The van der Waals surface area contributed by atoms with E-state index in [1.807, 2.05) is 24.3 Å². The molecule has 0 spiro atoms. The number of ketones is 1. The maximum atomic E-state index is 12.0. The van der Waals surface area contributed by atoms with Crippen molar-refractivity contribution in [3.8, 4) is 0 Å². The third-order valence-electron chi connectivity index (χ3n) is 2.66. The number of nitrogens with one attached hydrogen (secondary N) is 1. The molecule has 0 amide bonds. The second kappa shape index (κ2) is 6.47. The fourth-order valence-electron chi connectivity index (χ4n) is 1.68. The Morgan fingerprint density at radius 3 is 2.65 bits per heavy atom. The third-order valence-corrected chi connectivity index (χ3v) is 3.33. The average molecular weight is 382 g/mol. The van der Waals surface area contributed by atoms with Crippen LogP contribution >= 0.6 is 22.6 Å². The van der Waals surface area contributed by atoms with Crippen LogP contribution in [0.2, 0.25) is 0 Å². The topological polar surface area (TPSA) is 72.2 Å². The molecule has 0 radical (unpaired) electrons. The molecular formula is C14H11IN2O3. The molecule has 2 rings (SSSR count). The van der Waals surface area contributed by atoms with Gasteiger partial charge in [-0.1, -0.05) is 18.2 Å². The van der Waals surface area contributed by atoms with E-state index in [1.54, 1.807) is 6.07 Å². The van der Waals surface area contributed by atoms with E-state index in [-0.39, 0.29) is 18.0 Å². The van der Waals surface area contributed by atoms with Gasteiger partial charge < -0.3 is 5.32 Å². The van der Waals surface area contributed by atoms with Crippen molar-refractivity contribution in [2.24, 2.45) is 0 Å². The van der Waals surface area contributed by atoms with Gasteiger partial charge in [0.1, 0.15) is 0 Å². The standard InChI is InChI=1S/C14H11IN2O3/c15-11-4-2-5-12(8-11)16-9-14(18)10-3-1-6-13(7-10)17(19)20/h1-8,16H,9H2. The van der Waals surface area contributed by atoms with Gasteiger partial charge in [0.05, 0.1) is 11.5 Å². The van der Waals surface area contributed by atoms with Crippen LogP contribution in [0.1, 0.15) is 10.4 Å². The summed E-state index contributed by atoms with van der Waals surface area (Å²) in [6.07, 6.45) is 0. The lowest BCUT2D eigenvalue weighted by Gasteiger charge is -2.06. The van der Waals surface area contributed by atoms with E-state index in [0.717, 1.165) is 9.26 Å². The van der Waals surface area contributed by atoms with Gasteiger partial charge >= 0.3 is 0 Å². The van der Waals surface area contributed by atoms with Crippen molar-refractivity contribution in [3.05, 3.63) is 67.8 Å². The molecule has 0 aliphatic heterocycles. The van der Waals surface area contributed by atoms with Gasteiger partial charge in [-0.25, -0.2) is 0 Å². The van der Waals surface area contributed by atoms with E-state index in [9.17, 15) is 14.9 Å². The summed E-state index contributed by atoms with van der Waals surface area (Å²) in [7, 11) is 0. The maximum Gasteiger partial charge on any atom is 0.270 e. The lowest BCUT2D eigenvalue weighted by molar-refractivity contribution is -0.384. The van der Waals surface area contributed by atoms with E-state index >= 15 is 0 Å². The van der Waals surface area contributed by atoms with Gasteiger partial charge in [-0.2, -0.15) is 0 Å². The minimum atomic E-state index is -0.510. The van der Waals surface area contributed by atoms with E-state index in [2.05, 4.69) is 27.9 Å². The second-order valence-electron chi connectivity index (χ2n) is 4.09. The van der Waals surface area contributed by atoms with Crippen molar-refractivity contribution in [1.82, 2.24) is 0 Å². The van der Waals surface area contributed by atoms with Crippen molar-refractivity contribution in [2.45, 2.75) is 0 Å². The molecule has 2 aromatic rings. The molecule has 0 atom stereocenters. The third kappa shape index (κ3) is 3.77. The number of benzene rings is 2. The SMILES string of the molecule is O=C(CNc1cccc(I)c1)c1cccc([N+](=O)[O-])c1. The predicted molar refractivity (Wildman–Crippen MR) is 85.1 cm³/mol. The molecule has 0 aromatic heterocycles. The summed E-state index contributed by atoms with van der Waals surface area (Å²) in [5.74, 6) is -0.187. The Kier molecular flexibility index (Phi) is 4.67. The second-order valence-corrected chi connectivity index (χ2v) is 5.34. The van der Waals surface area contributed by atoms with E-state index in [0.29, 0.717) is 5.56 Å². The summed E-state index contributed by atoms with van der Waals surface area (Å²) < 4.78 is 1.07. The number of halogens is 1. The number of carbonyl (C=O) groups excluding carboxylic acids is 1. The first-order valence-electron chi connectivity index (χ1n) is 5.83. The summed E-state index contributed by atoms with van der Waals surface area (Å²) in [6.45, 7) is 0.0985. The Balaban J connectivity index is 2.05.